The number of aliphatic hydroxyl groups is 2. The highest BCUT2D eigenvalue weighted by Crippen LogP contribution is 2.28. The zero-order valence-electron chi connectivity index (χ0n) is 17.2. The normalized spacial score (nSPS) is 14.8. The summed E-state index contributed by atoms with van der Waals surface area (Å²) in [6, 6.07) is 5.84. The number of halogens is 1. The Labute approximate surface area is 172 Å². The number of rotatable bonds is 12. The van der Waals surface area contributed by atoms with E-state index in [1.807, 2.05) is 0 Å². The molecule has 0 atom stereocenters. The average molecular weight is 403 g/mol. The molecule has 1 aliphatic rings. The lowest BCUT2D eigenvalue weighted by Gasteiger charge is -2.18. The summed E-state index contributed by atoms with van der Waals surface area (Å²) in [5, 5.41) is 20.5. The fourth-order valence-corrected chi connectivity index (χ4v) is 3.62. The van der Waals surface area contributed by atoms with Gasteiger partial charge in [-0.05, 0) is 24.5 Å². The molecule has 0 heterocycles. The third-order valence-electron chi connectivity index (χ3n) is 5.41. The van der Waals surface area contributed by atoms with Crippen molar-refractivity contribution in [2.24, 2.45) is 0 Å². The summed E-state index contributed by atoms with van der Waals surface area (Å²) in [6.07, 6.45) is 10.00. The topological polar surface area (TPSA) is 74.6 Å². The van der Waals surface area contributed by atoms with Gasteiger partial charge in [0.05, 0.1) is 5.57 Å². The Morgan fingerprint density at radius 3 is 1.90 bits per heavy atom. The van der Waals surface area contributed by atoms with Crippen molar-refractivity contribution >= 4 is 11.6 Å². The van der Waals surface area contributed by atoms with E-state index in [1.54, 1.807) is 6.07 Å². The molecule has 1 aromatic rings. The number of Topliss-reactive ketones (excluding diaryl/α,β-unsaturated/α-hetero) is 2. The monoisotopic (exact) mass is 402 g/mol. The minimum Gasteiger partial charge on any atom is -0.504 e. The fourth-order valence-electron chi connectivity index (χ4n) is 3.62. The predicted octanol–water partition coefficient (Wildman–Crippen LogP) is 6.07. The molecule has 0 radical (unpaired) electrons. The number of benzene rings is 1. The molecule has 0 saturated carbocycles. The lowest BCUT2D eigenvalue weighted by Crippen LogP contribution is -2.25. The van der Waals surface area contributed by atoms with Gasteiger partial charge in [-0.3, -0.25) is 9.59 Å². The highest BCUT2D eigenvalue weighted by molar-refractivity contribution is 6.23. The molecule has 0 saturated heterocycles. The molecular weight excluding hydrogens is 371 g/mol. The lowest BCUT2D eigenvalue weighted by atomic mass is 9.87. The second kappa shape index (κ2) is 11.5. The maximum Gasteiger partial charge on any atom is 0.227 e. The summed E-state index contributed by atoms with van der Waals surface area (Å²) >= 11 is 0. The van der Waals surface area contributed by atoms with Gasteiger partial charge in [-0.15, -0.1) is 0 Å². The maximum absolute atomic E-state index is 13.8. The SMILES string of the molecule is CCCCCCCCCCCC1=C(O)C(=O)C(Cc2ccccc2F)=C(O)C1=O. The van der Waals surface area contributed by atoms with Gasteiger partial charge in [-0.1, -0.05) is 76.5 Å². The molecule has 5 heteroatoms. The van der Waals surface area contributed by atoms with Gasteiger partial charge in [-0.2, -0.15) is 0 Å². The van der Waals surface area contributed by atoms with Crippen LogP contribution in [0.4, 0.5) is 4.39 Å². The van der Waals surface area contributed by atoms with Gasteiger partial charge < -0.3 is 10.2 Å². The van der Waals surface area contributed by atoms with E-state index in [4.69, 9.17) is 0 Å². The summed E-state index contributed by atoms with van der Waals surface area (Å²) in [6.45, 7) is 2.19. The molecule has 0 aliphatic heterocycles. The molecule has 2 N–H and O–H groups in total. The quantitative estimate of drug-likeness (QED) is 0.329. The van der Waals surface area contributed by atoms with Crippen LogP contribution in [0.1, 0.15) is 76.7 Å². The van der Waals surface area contributed by atoms with Crippen LogP contribution in [0.5, 0.6) is 0 Å². The number of allylic oxidation sites excluding steroid dienone is 2. The van der Waals surface area contributed by atoms with E-state index < -0.39 is 28.9 Å². The second-order valence-corrected chi connectivity index (χ2v) is 7.66. The van der Waals surface area contributed by atoms with Gasteiger partial charge in [0, 0.05) is 12.0 Å². The minimum atomic E-state index is -0.795. The molecule has 1 aromatic carbocycles. The Kier molecular flexibility index (Phi) is 9.10. The third kappa shape index (κ3) is 6.28. The van der Waals surface area contributed by atoms with Crippen molar-refractivity contribution in [3.8, 4) is 0 Å². The van der Waals surface area contributed by atoms with E-state index in [-0.39, 0.29) is 29.6 Å². The number of carbonyl (C=O) groups excluding carboxylic acids is 2. The van der Waals surface area contributed by atoms with E-state index in [0.29, 0.717) is 6.42 Å². The first-order chi connectivity index (χ1) is 14.0. The molecular formula is C24H31FO4. The molecule has 0 unspecified atom stereocenters. The molecule has 0 fully saturated rings. The van der Waals surface area contributed by atoms with Gasteiger partial charge in [0.15, 0.2) is 11.5 Å². The van der Waals surface area contributed by atoms with E-state index in [1.165, 1.54) is 50.3 Å². The van der Waals surface area contributed by atoms with Gasteiger partial charge in [-0.25, -0.2) is 4.39 Å². The fraction of sp³-hybridized carbons (Fsp3) is 0.500. The molecule has 158 valence electrons. The number of hydrogen-bond acceptors (Lipinski definition) is 4. The third-order valence-corrected chi connectivity index (χ3v) is 5.41. The van der Waals surface area contributed by atoms with Gasteiger partial charge in [0.25, 0.3) is 0 Å². The Bertz CT molecular complexity index is 792. The first kappa shape index (κ1) is 22.9. The van der Waals surface area contributed by atoms with Gasteiger partial charge >= 0.3 is 0 Å². The van der Waals surface area contributed by atoms with Crippen LogP contribution in [-0.4, -0.2) is 21.8 Å². The summed E-state index contributed by atoms with van der Waals surface area (Å²) in [5.74, 6) is -3.35. The largest absolute Gasteiger partial charge is 0.504 e. The Morgan fingerprint density at radius 2 is 1.28 bits per heavy atom. The van der Waals surface area contributed by atoms with Crippen LogP contribution >= 0.6 is 0 Å². The maximum atomic E-state index is 13.8. The Morgan fingerprint density at radius 1 is 0.759 bits per heavy atom. The highest BCUT2D eigenvalue weighted by Gasteiger charge is 2.34. The van der Waals surface area contributed by atoms with Crippen molar-refractivity contribution in [3.63, 3.8) is 0 Å². The van der Waals surface area contributed by atoms with Gasteiger partial charge in [0.2, 0.25) is 11.6 Å². The first-order valence-corrected chi connectivity index (χ1v) is 10.6. The van der Waals surface area contributed by atoms with E-state index >= 15 is 0 Å². The van der Waals surface area contributed by atoms with E-state index in [9.17, 15) is 24.2 Å². The molecule has 0 amide bonds. The molecule has 29 heavy (non-hydrogen) atoms. The van der Waals surface area contributed by atoms with Crippen molar-refractivity contribution < 1.29 is 24.2 Å². The zero-order chi connectivity index (χ0) is 21.2. The minimum absolute atomic E-state index is 0.0345. The molecule has 1 aliphatic carbocycles. The van der Waals surface area contributed by atoms with Crippen LogP contribution < -0.4 is 0 Å². The molecule has 4 nitrogen and oxygen atoms in total. The second-order valence-electron chi connectivity index (χ2n) is 7.66. The molecule has 0 aromatic heterocycles. The number of aliphatic hydroxyl groups excluding tert-OH is 2. The van der Waals surface area contributed by atoms with Gasteiger partial charge in [0.1, 0.15) is 5.82 Å². The lowest BCUT2D eigenvalue weighted by molar-refractivity contribution is -0.120. The molecule has 0 bridgehead atoms. The van der Waals surface area contributed by atoms with E-state index in [2.05, 4.69) is 6.92 Å². The Hall–Kier alpha value is -2.43. The van der Waals surface area contributed by atoms with Crippen molar-refractivity contribution in [2.75, 3.05) is 0 Å². The number of ketones is 2. The summed E-state index contributed by atoms with van der Waals surface area (Å²) in [5.41, 5.74) is -0.105. The summed E-state index contributed by atoms with van der Waals surface area (Å²) < 4.78 is 13.8. The average Bonchev–Trinajstić information content (AvgIpc) is 2.72. The summed E-state index contributed by atoms with van der Waals surface area (Å²) in [4.78, 5) is 24.9. The molecule has 2 rings (SSSR count). The van der Waals surface area contributed by atoms with Crippen LogP contribution in [-0.2, 0) is 16.0 Å². The number of unbranched alkanes of at least 4 members (excludes halogenated alkanes) is 8. The number of hydrogen-bond donors (Lipinski definition) is 2. The highest BCUT2D eigenvalue weighted by atomic mass is 19.1. The standard InChI is InChI=1S/C24H31FO4/c1-2-3-4-5-6-7-8-9-10-14-18-21(26)23(28)19(24(29)22(18)27)16-17-13-11-12-15-20(17)25/h11-13,15,26,29H,2-10,14,16H2,1H3. The summed E-state index contributed by atoms with van der Waals surface area (Å²) in [7, 11) is 0. The van der Waals surface area contributed by atoms with Crippen LogP contribution in [0.25, 0.3) is 0 Å². The first-order valence-electron chi connectivity index (χ1n) is 10.6. The van der Waals surface area contributed by atoms with Crippen LogP contribution in [0, 0.1) is 5.82 Å². The number of carbonyl (C=O) groups is 2. The molecule has 0 spiro atoms. The van der Waals surface area contributed by atoms with Crippen LogP contribution in [0.15, 0.2) is 46.9 Å². The van der Waals surface area contributed by atoms with Crippen molar-refractivity contribution in [2.45, 2.75) is 77.6 Å². The van der Waals surface area contributed by atoms with Crippen molar-refractivity contribution in [1.82, 2.24) is 0 Å². The Balaban J connectivity index is 1.88. The smallest absolute Gasteiger partial charge is 0.227 e. The van der Waals surface area contributed by atoms with Crippen molar-refractivity contribution in [1.29, 1.82) is 0 Å². The van der Waals surface area contributed by atoms with Crippen molar-refractivity contribution in [3.05, 3.63) is 58.3 Å². The van der Waals surface area contributed by atoms with Crippen LogP contribution in [0.3, 0.4) is 0 Å². The van der Waals surface area contributed by atoms with Crippen LogP contribution in [0.2, 0.25) is 0 Å². The zero-order valence-corrected chi connectivity index (χ0v) is 17.2. The van der Waals surface area contributed by atoms with E-state index in [0.717, 1.165) is 19.3 Å². The predicted molar refractivity (Wildman–Crippen MR) is 111 cm³/mol.